The Kier molecular flexibility index (Phi) is 5.29. The van der Waals surface area contributed by atoms with Crippen molar-refractivity contribution in [2.45, 2.75) is 38.5 Å². The predicted molar refractivity (Wildman–Crippen MR) is 71.5 cm³/mol. The summed E-state index contributed by atoms with van der Waals surface area (Å²) >= 11 is 0. The number of carbonyl (C=O) groups is 1. The molecule has 2 rings (SSSR count). The second kappa shape index (κ2) is 6.98. The van der Waals surface area contributed by atoms with Crippen LogP contribution >= 0.6 is 0 Å². The SMILES string of the molecule is COCCCCNC(=O)N1CC2CCCCC2C1. The van der Waals surface area contributed by atoms with E-state index in [-0.39, 0.29) is 6.03 Å². The number of amides is 2. The van der Waals surface area contributed by atoms with E-state index >= 15 is 0 Å². The third kappa shape index (κ3) is 3.61. The topological polar surface area (TPSA) is 41.6 Å². The van der Waals surface area contributed by atoms with Gasteiger partial charge in [0.25, 0.3) is 0 Å². The van der Waals surface area contributed by atoms with E-state index < -0.39 is 0 Å². The summed E-state index contributed by atoms with van der Waals surface area (Å²) in [6.45, 7) is 3.51. The molecule has 2 aliphatic rings. The maximum absolute atomic E-state index is 12.0. The van der Waals surface area contributed by atoms with Gasteiger partial charge < -0.3 is 15.0 Å². The van der Waals surface area contributed by atoms with Crippen molar-refractivity contribution in [1.29, 1.82) is 0 Å². The van der Waals surface area contributed by atoms with Crippen molar-refractivity contribution in [3.8, 4) is 0 Å². The van der Waals surface area contributed by atoms with Gasteiger partial charge in [0.05, 0.1) is 0 Å². The number of urea groups is 1. The number of rotatable bonds is 5. The van der Waals surface area contributed by atoms with E-state index in [1.807, 2.05) is 4.90 Å². The van der Waals surface area contributed by atoms with E-state index in [1.165, 1.54) is 25.7 Å². The van der Waals surface area contributed by atoms with Crippen LogP contribution in [0.4, 0.5) is 4.79 Å². The first kappa shape index (κ1) is 13.7. The standard InChI is InChI=1S/C14H26N2O2/c1-18-9-5-4-8-15-14(17)16-10-12-6-2-3-7-13(12)11-16/h12-13H,2-11H2,1H3,(H,15,17). The van der Waals surface area contributed by atoms with Crippen molar-refractivity contribution in [3.05, 3.63) is 0 Å². The smallest absolute Gasteiger partial charge is 0.317 e. The fraction of sp³-hybridized carbons (Fsp3) is 0.929. The highest BCUT2D eigenvalue weighted by atomic mass is 16.5. The lowest BCUT2D eigenvalue weighted by atomic mass is 9.82. The zero-order chi connectivity index (χ0) is 12.8. The largest absolute Gasteiger partial charge is 0.385 e. The van der Waals surface area contributed by atoms with Crippen LogP contribution in [-0.4, -0.2) is 44.3 Å². The summed E-state index contributed by atoms with van der Waals surface area (Å²) in [6.07, 6.45) is 7.37. The molecule has 104 valence electrons. The van der Waals surface area contributed by atoms with Gasteiger partial charge in [-0.15, -0.1) is 0 Å². The van der Waals surface area contributed by atoms with Gasteiger partial charge in [-0.2, -0.15) is 0 Å². The minimum absolute atomic E-state index is 0.141. The van der Waals surface area contributed by atoms with Crippen molar-refractivity contribution in [2.75, 3.05) is 33.4 Å². The Morgan fingerprint density at radius 1 is 1.22 bits per heavy atom. The first-order valence-corrected chi connectivity index (χ1v) is 7.33. The molecule has 4 nitrogen and oxygen atoms in total. The Bertz CT molecular complexity index is 257. The zero-order valence-electron chi connectivity index (χ0n) is 11.5. The van der Waals surface area contributed by atoms with Crippen LogP contribution in [-0.2, 0) is 4.74 Å². The second-order valence-corrected chi connectivity index (χ2v) is 5.64. The van der Waals surface area contributed by atoms with Crippen LogP contribution in [0.3, 0.4) is 0 Å². The number of fused-ring (bicyclic) bond motifs is 1. The average molecular weight is 254 g/mol. The van der Waals surface area contributed by atoms with Crippen LogP contribution in [0.5, 0.6) is 0 Å². The highest BCUT2D eigenvalue weighted by Gasteiger charge is 2.36. The average Bonchev–Trinajstić information content (AvgIpc) is 2.82. The Balaban J connectivity index is 1.64. The maximum Gasteiger partial charge on any atom is 0.317 e. The molecule has 2 fully saturated rings. The number of likely N-dealkylation sites (tertiary alicyclic amines) is 1. The molecule has 1 saturated carbocycles. The second-order valence-electron chi connectivity index (χ2n) is 5.64. The van der Waals surface area contributed by atoms with Crippen LogP contribution in [0.1, 0.15) is 38.5 Å². The molecular formula is C14H26N2O2. The van der Waals surface area contributed by atoms with Gasteiger partial charge in [0.15, 0.2) is 0 Å². The molecule has 1 aliphatic carbocycles. The molecule has 2 unspecified atom stereocenters. The maximum atomic E-state index is 12.0. The molecular weight excluding hydrogens is 228 g/mol. The number of ether oxygens (including phenoxy) is 1. The van der Waals surface area contributed by atoms with E-state index in [2.05, 4.69) is 5.32 Å². The quantitative estimate of drug-likeness (QED) is 0.765. The molecule has 1 saturated heterocycles. The molecule has 2 amide bonds. The molecule has 0 spiro atoms. The van der Waals surface area contributed by atoms with Crippen molar-refractivity contribution in [2.24, 2.45) is 11.8 Å². The Morgan fingerprint density at radius 3 is 2.50 bits per heavy atom. The Hall–Kier alpha value is -0.770. The molecule has 1 aliphatic heterocycles. The number of nitrogens with one attached hydrogen (secondary N) is 1. The first-order valence-electron chi connectivity index (χ1n) is 7.33. The van der Waals surface area contributed by atoms with Gasteiger partial charge >= 0.3 is 6.03 Å². The third-order valence-corrected chi connectivity index (χ3v) is 4.31. The van der Waals surface area contributed by atoms with Gasteiger partial charge in [0.2, 0.25) is 0 Å². The fourth-order valence-electron chi connectivity index (χ4n) is 3.25. The monoisotopic (exact) mass is 254 g/mol. The van der Waals surface area contributed by atoms with Crippen molar-refractivity contribution < 1.29 is 9.53 Å². The summed E-state index contributed by atoms with van der Waals surface area (Å²) in [5.74, 6) is 1.55. The summed E-state index contributed by atoms with van der Waals surface area (Å²) < 4.78 is 4.99. The minimum atomic E-state index is 0.141. The molecule has 0 radical (unpaired) electrons. The summed E-state index contributed by atoms with van der Waals surface area (Å²) in [7, 11) is 1.71. The van der Waals surface area contributed by atoms with E-state index in [4.69, 9.17) is 4.74 Å². The molecule has 0 aromatic carbocycles. The molecule has 18 heavy (non-hydrogen) atoms. The third-order valence-electron chi connectivity index (χ3n) is 4.31. The highest BCUT2D eigenvalue weighted by molar-refractivity contribution is 5.74. The summed E-state index contributed by atoms with van der Waals surface area (Å²) in [6, 6.07) is 0.141. The van der Waals surface area contributed by atoms with Crippen LogP contribution in [0.15, 0.2) is 0 Å². The highest BCUT2D eigenvalue weighted by Crippen LogP contribution is 2.35. The molecule has 1 N–H and O–H groups in total. The first-order chi connectivity index (χ1) is 8.81. The van der Waals surface area contributed by atoms with E-state index in [0.29, 0.717) is 0 Å². The van der Waals surface area contributed by atoms with Gasteiger partial charge in [-0.1, -0.05) is 12.8 Å². The lowest BCUT2D eigenvalue weighted by molar-refractivity contribution is 0.190. The number of unbranched alkanes of at least 4 members (excludes halogenated alkanes) is 1. The number of methoxy groups -OCH3 is 1. The molecule has 0 aromatic heterocycles. The normalized spacial score (nSPS) is 27.1. The van der Waals surface area contributed by atoms with Gasteiger partial charge in [-0.3, -0.25) is 0 Å². The molecule has 2 atom stereocenters. The van der Waals surface area contributed by atoms with Gasteiger partial charge in [0.1, 0.15) is 0 Å². The van der Waals surface area contributed by atoms with Crippen molar-refractivity contribution in [3.63, 3.8) is 0 Å². The fourth-order valence-corrected chi connectivity index (χ4v) is 3.25. The van der Waals surface area contributed by atoms with Crippen LogP contribution in [0, 0.1) is 11.8 Å². The molecule has 4 heteroatoms. The summed E-state index contributed by atoms with van der Waals surface area (Å²) in [5, 5.41) is 3.02. The minimum Gasteiger partial charge on any atom is -0.385 e. The Morgan fingerprint density at radius 2 is 1.89 bits per heavy atom. The van der Waals surface area contributed by atoms with Crippen LogP contribution in [0.25, 0.3) is 0 Å². The predicted octanol–water partition coefficient (Wildman–Crippen LogP) is 2.24. The van der Waals surface area contributed by atoms with Crippen molar-refractivity contribution >= 4 is 6.03 Å². The molecule has 0 aromatic rings. The van der Waals surface area contributed by atoms with Gasteiger partial charge in [0, 0.05) is 33.4 Å². The van der Waals surface area contributed by atoms with Crippen molar-refractivity contribution in [1.82, 2.24) is 10.2 Å². The molecule has 0 bridgehead atoms. The number of carbonyl (C=O) groups excluding carboxylic acids is 1. The van der Waals surface area contributed by atoms with E-state index in [1.54, 1.807) is 7.11 Å². The van der Waals surface area contributed by atoms with Crippen LogP contribution < -0.4 is 5.32 Å². The van der Waals surface area contributed by atoms with Gasteiger partial charge in [-0.25, -0.2) is 4.79 Å². The summed E-state index contributed by atoms with van der Waals surface area (Å²) in [4.78, 5) is 14.0. The van der Waals surface area contributed by atoms with E-state index in [9.17, 15) is 4.79 Å². The summed E-state index contributed by atoms with van der Waals surface area (Å²) in [5.41, 5.74) is 0. The molecule has 1 heterocycles. The van der Waals surface area contributed by atoms with E-state index in [0.717, 1.165) is 50.9 Å². The number of hydrogen-bond acceptors (Lipinski definition) is 2. The Labute approximate surface area is 110 Å². The lowest BCUT2D eigenvalue weighted by Crippen LogP contribution is -2.39. The van der Waals surface area contributed by atoms with Gasteiger partial charge in [-0.05, 0) is 37.5 Å². The zero-order valence-corrected chi connectivity index (χ0v) is 11.5. The number of hydrogen-bond donors (Lipinski definition) is 1. The number of nitrogens with zero attached hydrogens (tertiary/aromatic N) is 1. The lowest BCUT2D eigenvalue weighted by Gasteiger charge is -2.22. The van der Waals surface area contributed by atoms with Crippen LogP contribution in [0.2, 0.25) is 0 Å².